The van der Waals surface area contributed by atoms with E-state index in [1.54, 1.807) is 17.5 Å². The molecule has 6 nitrogen and oxygen atoms in total. The van der Waals surface area contributed by atoms with E-state index in [2.05, 4.69) is 25.8 Å². The molecule has 0 fully saturated rings. The molecule has 0 bridgehead atoms. The number of anilines is 2. The summed E-state index contributed by atoms with van der Waals surface area (Å²) in [5.41, 5.74) is 3.47. The van der Waals surface area contributed by atoms with Crippen LogP contribution in [0.1, 0.15) is 10.7 Å². The van der Waals surface area contributed by atoms with Crippen molar-refractivity contribution < 1.29 is 0 Å². The van der Waals surface area contributed by atoms with Crippen LogP contribution in [-0.4, -0.2) is 22.0 Å². The Labute approximate surface area is 104 Å². The molecular weight excluding hydrogens is 236 g/mol. The fourth-order valence-electron chi connectivity index (χ4n) is 1.44. The second-order valence-corrected chi connectivity index (χ2v) is 4.66. The molecule has 0 aromatic carbocycles. The molecule has 0 aliphatic rings. The number of hydrazine groups is 1. The maximum atomic E-state index is 5.27. The minimum Gasteiger partial charge on any atom is -0.354 e. The van der Waals surface area contributed by atoms with E-state index in [1.807, 2.05) is 24.9 Å². The average Bonchev–Trinajstić information content (AvgIpc) is 2.75. The molecule has 7 heteroatoms. The van der Waals surface area contributed by atoms with Gasteiger partial charge in [-0.1, -0.05) is 0 Å². The Balaban J connectivity index is 2.11. The van der Waals surface area contributed by atoms with Gasteiger partial charge in [0.2, 0.25) is 5.95 Å². The van der Waals surface area contributed by atoms with Gasteiger partial charge in [-0.05, 0) is 13.0 Å². The van der Waals surface area contributed by atoms with Crippen molar-refractivity contribution in [2.75, 3.05) is 17.4 Å². The third-order valence-corrected chi connectivity index (χ3v) is 3.05. The van der Waals surface area contributed by atoms with E-state index in [0.29, 0.717) is 12.5 Å². The van der Waals surface area contributed by atoms with Crippen molar-refractivity contribution in [3.63, 3.8) is 0 Å². The molecule has 0 saturated carbocycles. The number of hydrogen-bond donors (Lipinski definition) is 2. The number of thiazole rings is 1. The van der Waals surface area contributed by atoms with Crippen molar-refractivity contribution in [1.29, 1.82) is 0 Å². The number of aromatic nitrogens is 3. The number of nitrogens with two attached hydrogens (primary N) is 1. The second kappa shape index (κ2) is 5.07. The van der Waals surface area contributed by atoms with Gasteiger partial charge in [0.25, 0.3) is 0 Å². The molecule has 17 heavy (non-hydrogen) atoms. The maximum Gasteiger partial charge on any atom is 0.239 e. The number of rotatable bonds is 4. The number of nitrogens with one attached hydrogen (secondary N) is 1. The Kier molecular flexibility index (Phi) is 3.50. The van der Waals surface area contributed by atoms with Crippen molar-refractivity contribution in [2.45, 2.75) is 13.5 Å². The topological polar surface area (TPSA) is 80.0 Å². The zero-order valence-corrected chi connectivity index (χ0v) is 10.5. The molecule has 2 aromatic heterocycles. The van der Waals surface area contributed by atoms with Gasteiger partial charge >= 0.3 is 0 Å². The highest BCUT2D eigenvalue weighted by Crippen LogP contribution is 2.15. The Morgan fingerprint density at radius 1 is 1.47 bits per heavy atom. The lowest BCUT2D eigenvalue weighted by molar-refractivity contribution is 0.865. The van der Waals surface area contributed by atoms with E-state index < -0.39 is 0 Å². The fourth-order valence-corrected chi connectivity index (χ4v) is 2.04. The first-order valence-corrected chi connectivity index (χ1v) is 5.99. The third-order valence-electron chi connectivity index (χ3n) is 2.23. The van der Waals surface area contributed by atoms with E-state index >= 15 is 0 Å². The van der Waals surface area contributed by atoms with Crippen molar-refractivity contribution in [1.82, 2.24) is 15.0 Å². The minimum atomic E-state index is 0.406. The monoisotopic (exact) mass is 250 g/mol. The molecule has 0 aliphatic carbocycles. The van der Waals surface area contributed by atoms with E-state index in [-0.39, 0.29) is 0 Å². The van der Waals surface area contributed by atoms with Gasteiger partial charge < -0.3 is 4.90 Å². The summed E-state index contributed by atoms with van der Waals surface area (Å²) in [6, 6.07) is 1.83. The van der Waals surface area contributed by atoms with Crippen LogP contribution in [0.15, 0.2) is 17.6 Å². The van der Waals surface area contributed by atoms with Gasteiger partial charge in [-0.15, -0.1) is 11.3 Å². The van der Waals surface area contributed by atoms with Gasteiger partial charge in [0, 0.05) is 18.6 Å². The van der Waals surface area contributed by atoms with Crippen LogP contribution in [0.5, 0.6) is 0 Å². The zero-order valence-electron chi connectivity index (χ0n) is 9.71. The summed E-state index contributed by atoms with van der Waals surface area (Å²) < 4.78 is 0. The first-order valence-electron chi connectivity index (χ1n) is 5.11. The number of nitrogen functional groups attached to an aromatic ring is 1. The van der Waals surface area contributed by atoms with Gasteiger partial charge in [-0.25, -0.2) is 15.8 Å². The van der Waals surface area contributed by atoms with Crippen molar-refractivity contribution in [2.24, 2.45) is 5.84 Å². The molecule has 90 valence electrons. The molecule has 0 radical (unpaired) electrons. The molecule has 2 rings (SSSR count). The lowest BCUT2D eigenvalue weighted by Crippen LogP contribution is -2.19. The highest BCUT2D eigenvalue weighted by atomic mass is 32.1. The largest absolute Gasteiger partial charge is 0.354 e. The predicted molar refractivity (Wildman–Crippen MR) is 68.8 cm³/mol. The molecule has 0 unspecified atom stereocenters. The standard InChI is InChI=1S/C10H14N6S/c1-7-13-8(6-17-7)5-16(2)9-3-4-12-10(14-9)15-11/h3-4,6H,5,11H2,1-2H3,(H,12,14,15). The van der Waals surface area contributed by atoms with Gasteiger partial charge in [0.1, 0.15) is 5.82 Å². The van der Waals surface area contributed by atoms with Crippen molar-refractivity contribution in [3.8, 4) is 0 Å². The van der Waals surface area contributed by atoms with Gasteiger partial charge in [0.15, 0.2) is 0 Å². The summed E-state index contributed by atoms with van der Waals surface area (Å²) in [4.78, 5) is 14.6. The Morgan fingerprint density at radius 2 is 2.29 bits per heavy atom. The average molecular weight is 250 g/mol. The van der Waals surface area contributed by atoms with Crippen LogP contribution >= 0.6 is 11.3 Å². The van der Waals surface area contributed by atoms with E-state index in [4.69, 9.17) is 5.84 Å². The van der Waals surface area contributed by atoms with Crippen LogP contribution in [0.4, 0.5) is 11.8 Å². The molecule has 0 amide bonds. The highest BCUT2D eigenvalue weighted by molar-refractivity contribution is 7.09. The van der Waals surface area contributed by atoms with Crippen molar-refractivity contribution in [3.05, 3.63) is 28.3 Å². The van der Waals surface area contributed by atoms with Crippen LogP contribution in [0.25, 0.3) is 0 Å². The fraction of sp³-hybridized carbons (Fsp3) is 0.300. The Morgan fingerprint density at radius 3 is 2.94 bits per heavy atom. The van der Waals surface area contributed by atoms with Crippen LogP contribution in [0.2, 0.25) is 0 Å². The van der Waals surface area contributed by atoms with E-state index in [1.165, 1.54) is 0 Å². The molecular formula is C10H14N6S. The third kappa shape index (κ3) is 2.89. The van der Waals surface area contributed by atoms with E-state index in [0.717, 1.165) is 16.5 Å². The Bertz CT molecular complexity index is 497. The van der Waals surface area contributed by atoms with Crippen LogP contribution in [-0.2, 0) is 6.54 Å². The first-order chi connectivity index (χ1) is 8.19. The molecule has 3 N–H and O–H groups in total. The maximum absolute atomic E-state index is 5.27. The van der Waals surface area contributed by atoms with Crippen molar-refractivity contribution >= 4 is 23.1 Å². The van der Waals surface area contributed by atoms with Gasteiger partial charge in [-0.2, -0.15) is 4.98 Å². The normalized spacial score (nSPS) is 10.3. The SMILES string of the molecule is Cc1nc(CN(C)c2ccnc(NN)n2)cs1. The number of nitrogens with zero attached hydrogens (tertiary/aromatic N) is 4. The predicted octanol–water partition coefficient (Wildman–Crippen LogP) is 1.16. The number of hydrogen-bond acceptors (Lipinski definition) is 7. The van der Waals surface area contributed by atoms with Crippen LogP contribution < -0.4 is 16.2 Å². The van der Waals surface area contributed by atoms with E-state index in [9.17, 15) is 0 Å². The quantitative estimate of drug-likeness (QED) is 0.626. The Hall–Kier alpha value is -1.73. The summed E-state index contributed by atoms with van der Waals surface area (Å²) in [6.45, 7) is 2.71. The number of aryl methyl sites for hydroxylation is 1. The summed E-state index contributed by atoms with van der Waals surface area (Å²) in [5.74, 6) is 6.48. The molecule has 0 atom stereocenters. The highest BCUT2D eigenvalue weighted by Gasteiger charge is 2.06. The lowest BCUT2D eigenvalue weighted by Gasteiger charge is -2.16. The molecule has 0 aliphatic heterocycles. The van der Waals surface area contributed by atoms with Gasteiger partial charge in [-0.3, -0.25) is 5.43 Å². The minimum absolute atomic E-state index is 0.406. The zero-order chi connectivity index (χ0) is 12.3. The molecule has 0 spiro atoms. The molecule has 2 aromatic rings. The molecule has 0 saturated heterocycles. The molecule has 2 heterocycles. The second-order valence-electron chi connectivity index (χ2n) is 3.60. The van der Waals surface area contributed by atoms with Crippen LogP contribution in [0.3, 0.4) is 0 Å². The summed E-state index contributed by atoms with van der Waals surface area (Å²) in [6.07, 6.45) is 1.67. The first kappa shape index (κ1) is 11.7. The lowest BCUT2D eigenvalue weighted by atomic mass is 10.4. The smallest absolute Gasteiger partial charge is 0.239 e. The summed E-state index contributed by atoms with van der Waals surface area (Å²) in [7, 11) is 1.96. The van der Waals surface area contributed by atoms with Gasteiger partial charge in [0.05, 0.1) is 17.2 Å². The summed E-state index contributed by atoms with van der Waals surface area (Å²) >= 11 is 1.65. The van der Waals surface area contributed by atoms with Crippen LogP contribution in [0, 0.1) is 6.92 Å². The summed E-state index contributed by atoms with van der Waals surface area (Å²) in [5, 5.41) is 3.12.